The van der Waals surface area contributed by atoms with Crippen LogP contribution >= 0.6 is 0 Å². The fraction of sp³-hybridized carbons (Fsp3) is 0.250. The van der Waals surface area contributed by atoms with E-state index in [1.807, 2.05) is 6.07 Å². The van der Waals surface area contributed by atoms with E-state index in [0.717, 1.165) is 12.7 Å². The van der Waals surface area contributed by atoms with E-state index in [1.54, 1.807) is 12.1 Å². The lowest BCUT2D eigenvalue weighted by atomic mass is 10.1. The van der Waals surface area contributed by atoms with Gasteiger partial charge in [0.15, 0.2) is 9.84 Å². The number of aryl methyl sites for hydroxylation is 1. The van der Waals surface area contributed by atoms with E-state index in [1.165, 1.54) is 17.2 Å². The van der Waals surface area contributed by atoms with Crippen LogP contribution in [0.1, 0.15) is 11.1 Å². The normalized spacial score (nSPS) is 11.3. The number of nitrogen functional groups attached to an aromatic ring is 1. The highest BCUT2D eigenvalue weighted by Crippen LogP contribution is 2.26. The molecule has 0 atom stereocenters. The third kappa shape index (κ3) is 3.98. The summed E-state index contributed by atoms with van der Waals surface area (Å²) in [5.74, 6) is 0. The summed E-state index contributed by atoms with van der Waals surface area (Å²) in [4.78, 5) is 0.169. The number of nitrogens with two attached hydrogens (primary N) is 1. The Morgan fingerprint density at radius 2 is 1.86 bits per heavy atom. The number of hydrogen-bond acceptors (Lipinski definition) is 4. The van der Waals surface area contributed by atoms with Crippen molar-refractivity contribution in [1.29, 1.82) is 0 Å². The van der Waals surface area contributed by atoms with E-state index in [9.17, 15) is 8.42 Å². The summed E-state index contributed by atoms with van der Waals surface area (Å²) in [6.07, 6.45) is 2.01. The van der Waals surface area contributed by atoms with Gasteiger partial charge in [-0.2, -0.15) is 0 Å². The maximum absolute atomic E-state index is 11.6. The van der Waals surface area contributed by atoms with Gasteiger partial charge in [0.25, 0.3) is 0 Å². The fourth-order valence-electron chi connectivity index (χ4n) is 2.23. The maximum Gasteiger partial charge on any atom is 0.177 e. The van der Waals surface area contributed by atoms with Crippen LogP contribution in [0.25, 0.3) is 0 Å². The standard InChI is InChI=1S/C16H20N2O2S/c1-12-5-3-6-13(11-12)9-10-18-14-7-4-8-15(16(14)17)21(2,19)20/h3-8,11,18H,9-10,17H2,1-2H3. The van der Waals surface area contributed by atoms with Crippen LogP contribution in [0.2, 0.25) is 0 Å². The van der Waals surface area contributed by atoms with Gasteiger partial charge in [0, 0.05) is 12.8 Å². The van der Waals surface area contributed by atoms with Gasteiger partial charge < -0.3 is 11.1 Å². The summed E-state index contributed by atoms with van der Waals surface area (Å²) in [5, 5.41) is 3.20. The number of sulfone groups is 1. The van der Waals surface area contributed by atoms with E-state index in [0.29, 0.717) is 12.2 Å². The zero-order valence-electron chi connectivity index (χ0n) is 12.3. The van der Waals surface area contributed by atoms with Crippen molar-refractivity contribution in [3.8, 4) is 0 Å². The second-order valence-electron chi connectivity index (χ2n) is 5.16. The van der Waals surface area contributed by atoms with E-state index in [-0.39, 0.29) is 10.6 Å². The zero-order valence-corrected chi connectivity index (χ0v) is 13.1. The third-order valence-electron chi connectivity index (χ3n) is 3.28. The molecule has 0 aliphatic heterocycles. The third-order valence-corrected chi connectivity index (χ3v) is 4.43. The first kappa shape index (κ1) is 15.4. The van der Waals surface area contributed by atoms with Gasteiger partial charge in [-0.3, -0.25) is 0 Å². The Balaban J connectivity index is 2.07. The van der Waals surface area contributed by atoms with Crippen LogP contribution in [-0.2, 0) is 16.3 Å². The lowest BCUT2D eigenvalue weighted by Gasteiger charge is -2.12. The first-order chi connectivity index (χ1) is 9.88. The summed E-state index contributed by atoms with van der Waals surface area (Å²) in [6, 6.07) is 13.3. The molecule has 3 N–H and O–H groups in total. The van der Waals surface area contributed by atoms with Crippen molar-refractivity contribution in [2.45, 2.75) is 18.2 Å². The van der Waals surface area contributed by atoms with Crippen molar-refractivity contribution in [3.63, 3.8) is 0 Å². The molecule has 0 amide bonds. The molecule has 112 valence electrons. The first-order valence-electron chi connectivity index (χ1n) is 6.76. The highest BCUT2D eigenvalue weighted by atomic mass is 32.2. The van der Waals surface area contributed by atoms with Crippen molar-refractivity contribution < 1.29 is 8.42 Å². The van der Waals surface area contributed by atoms with E-state index < -0.39 is 9.84 Å². The van der Waals surface area contributed by atoms with Gasteiger partial charge in [-0.25, -0.2) is 8.42 Å². The molecule has 0 heterocycles. The number of nitrogens with one attached hydrogen (secondary N) is 1. The summed E-state index contributed by atoms with van der Waals surface area (Å²) in [6.45, 7) is 2.76. The Kier molecular flexibility index (Phi) is 4.53. The Labute approximate surface area is 125 Å². The van der Waals surface area contributed by atoms with E-state index in [4.69, 9.17) is 5.73 Å². The van der Waals surface area contributed by atoms with Gasteiger partial charge in [-0.05, 0) is 31.0 Å². The average Bonchev–Trinajstić information content (AvgIpc) is 2.39. The topological polar surface area (TPSA) is 72.2 Å². The zero-order chi connectivity index (χ0) is 15.5. The molecular formula is C16H20N2O2S. The summed E-state index contributed by atoms with van der Waals surface area (Å²) in [7, 11) is -3.30. The Bertz CT molecular complexity index is 740. The van der Waals surface area contributed by atoms with Crippen molar-refractivity contribution in [3.05, 3.63) is 53.6 Å². The molecule has 0 fully saturated rings. The van der Waals surface area contributed by atoms with Crippen molar-refractivity contribution in [1.82, 2.24) is 0 Å². The van der Waals surface area contributed by atoms with E-state index in [2.05, 4.69) is 30.4 Å². The van der Waals surface area contributed by atoms with Crippen LogP contribution in [0.3, 0.4) is 0 Å². The molecule has 2 rings (SSSR count). The second kappa shape index (κ2) is 6.18. The van der Waals surface area contributed by atoms with Crippen LogP contribution in [0.4, 0.5) is 11.4 Å². The predicted octanol–water partition coefficient (Wildman–Crippen LogP) is 2.64. The van der Waals surface area contributed by atoms with Crippen LogP contribution in [-0.4, -0.2) is 21.2 Å². The lowest BCUT2D eigenvalue weighted by Crippen LogP contribution is -2.10. The van der Waals surface area contributed by atoms with Crippen LogP contribution in [0.15, 0.2) is 47.4 Å². The monoisotopic (exact) mass is 304 g/mol. The Morgan fingerprint density at radius 3 is 2.52 bits per heavy atom. The summed E-state index contributed by atoms with van der Waals surface area (Å²) in [5.41, 5.74) is 9.34. The largest absolute Gasteiger partial charge is 0.396 e. The molecule has 21 heavy (non-hydrogen) atoms. The van der Waals surface area contributed by atoms with Crippen LogP contribution in [0, 0.1) is 6.92 Å². The highest BCUT2D eigenvalue weighted by Gasteiger charge is 2.13. The quantitative estimate of drug-likeness (QED) is 0.833. The first-order valence-corrected chi connectivity index (χ1v) is 8.65. The molecule has 0 aliphatic rings. The van der Waals surface area contributed by atoms with Crippen molar-refractivity contribution >= 4 is 21.2 Å². The van der Waals surface area contributed by atoms with Crippen molar-refractivity contribution in [2.75, 3.05) is 23.9 Å². The van der Waals surface area contributed by atoms with Gasteiger partial charge in [-0.1, -0.05) is 35.9 Å². The Hall–Kier alpha value is -2.01. The molecule has 0 radical (unpaired) electrons. The predicted molar refractivity (Wildman–Crippen MR) is 87.3 cm³/mol. The molecule has 2 aromatic rings. The smallest absolute Gasteiger partial charge is 0.177 e. The number of rotatable bonds is 5. The molecule has 4 nitrogen and oxygen atoms in total. The summed E-state index contributed by atoms with van der Waals surface area (Å²) < 4.78 is 23.3. The molecule has 0 bridgehead atoms. The molecule has 0 saturated heterocycles. The van der Waals surface area contributed by atoms with Gasteiger partial charge in [-0.15, -0.1) is 0 Å². The van der Waals surface area contributed by atoms with Crippen molar-refractivity contribution in [2.24, 2.45) is 0 Å². The molecule has 5 heteroatoms. The minimum Gasteiger partial charge on any atom is -0.396 e. The number of hydrogen-bond donors (Lipinski definition) is 2. The molecule has 0 aliphatic carbocycles. The van der Waals surface area contributed by atoms with Crippen LogP contribution < -0.4 is 11.1 Å². The number of anilines is 2. The minimum atomic E-state index is -3.30. The van der Waals surface area contributed by atoms with E-state index >= 15 is 0 Å². The second-order valence-corrected chi connectivity index (χ2v) is 7.14. The maximum atomic E-state index is 11.6. The van der Waals surface area contributed by atoms with Gasteiger partial charge in [0.05, 0.1) is 16.3 Å². The molecular weight excluding hydrogens is 284 g/mol. The molecule has 0 aromatic heterocycles. The molecule has 0 saturated carbocycles. The minimum absolute atomic E-state index is 0.169. The highest BCUT2D eigenvalue weighted by molar-refractivity contribution is 7.90. The summed E-state index contributed by atoms with van der Waals surface area (Å²) >= 11 is 0. The Morgan fingerprint density at radius 1 is 1.14 bits per heavy atom. The van der Waals surface area contributed by atoms with Gasteiger partial charge in [0.1, 0.15) is 0 Å². The molecule has 2 aromatic carbocycles. The average molecular weight is 304 g/mol. The number of para-hydroxylation sites is 1. The van der Waals surface area contributed by atoms with Gasteiger partial charge in [0.2, 0.25) is 0 Å². The molecule has 0 unspecified atom stereocenters. The number of benzene rings is 2. The van der Waals surface area contributed by atoms with Crippen LogP contribution in [0.5, 0.6) is 0 Å². The van der Waals surface area contributed by atoms with Gasteiger partial charge >= 0.3 is 0 Å². The molecule has 0 spiro atoms. The SMILES string of the molecule is Cc1cccc(CCNc2cccc(S(C)(=O)=O)c2N)c1. The lowest BCUT2D eigenvalue weighted by molar-refractivity contribution is 0.602. The fourth-order valence-corrected chi connectivity index (χ4v) is 3.07.